The number of benzene rings is 1. The molecule has 0 radical (unpaired) electrons. The minimum atomic E-state index is 0.292. The van der Waals surface area contributed by atoms with Gasteiger partial charge in [-0.15, -0.1) is 0 Å². The number of ether oxygens (including phenoxy) is 3. The second-order valence-electron chi connectivity index (χ2n) is 4.89. The van der Waals surface area contributed by atoms with Crippen molar-refractivity contribution in [2.45, 2.75) is 25.5 Å². The van der Waals surface area contributed by atoms with Crippen LogP contribution in [-0.2, 0) is 11.3 Å². The van der Waals surface area contributed by atoms with E-state index in [4.69, 9.17) is 26.4 Å². The molecule has 108 valence electrons. The summed E-state index contributed by atoms with van der Waals surface area (Å²) in [6.45, 7) is 2.60. The van der Waals surface area contributed by atoms with E-state index in [9.17, 15) is 0 Å². The molecule has 1 atom stereocenters. The third-order valence-corrected chi connectivity index (χ3v) is 3.69. The Kier molecular flexibility index (Phi) is 4.22. The van der Waals surface area contributed by atoms with Gasteiger partial charge in [-0.25, -0.2) is 0 Å². The number of rotatable bonds is 4. The first-order valence-electron chi connectivity index (χ1n) is 6.83. The van der Waals surface area contributed by atoms with Crippen LogP contribution in [0.5, 0.6) is 11.5 Å². The number of thiocarbonyl (C=S) groups is 1. The van der Waals surface area contributed by atoms with Crippen LogP contribution in [0.3, 0.4) is 0 Å². The van der Waals surface area contributed by atoms with Gasteiger partial charge in [0.25, 0.3) is 0 Å². The Morgan fingerprint density at radius 1 is 1.25 bits per heavy atom. The van der Waals surface area contributed by atoms with E-state index in [0.29, 0.717) is 24.6 Å². The van der Waals surface area contributed by atoms with Crippen molar-refractivity contribution in [3.05, 3.63) is 23.8 Å². The Labute approximate surface area is 123 Å². The summed E-state index contributed by atoms with van der Waals surface area (Å²) in [6, 6.07) is 5.89. The molecule has 5 nitrogen and oxygen atoms in total. The topological polar surface area (TPSA) is 51.8 Å². The van der Waals surface area contributed by atoms with Gasteiger partial charge in [-0.1, -0.05) is 6.07 Å². The van der Waals surface area contributed by atoms with Gasteiger partial charge < -0.3 is 24.8 Å². The monoisotopic (exact) mass is 294 g/mol. The first-order chi connectivity index (χ1) is 9.81. The number of nitrogens with one attached hydrogen (secondary N) is 2. The van der Waals surface area contributed by atoms with Crippen molar-refractivity contribution >= 4 is 17.3 Å². The number of hydrogen-bond donors (Lipinski definition) is 2. The normalized spacial score (nSPS) is 19.9. The highest BCUT2D eigenvalue weighted by atomic mass is 32.1. The van der Waals surface area contributed by atoms with Gasteiger partial charge in [0, 0.05) is 19.7 Å². The van der Waals surface area contributed by atoms with E-state index in [2.05, 4.69) is 10.6 Å². The summed E-state index contributed by atoms with van der Waals surface area (Å²) in [5.41, 5.74) is 1.11. The Morgan fingerprint density at radius 2 is 2.15 bits per heavy atom. The van der Waals surface area contributed by atoms with Crippen molar-refractivity contribution in [2.24, 2.45) is 0 Å². The number of fused-ring (bicyclic) bond motifs is 1. The zero-order chi connectivity index (χ0) is 13.8. The van der Waals surface area contributed by atoms with Crippen molar-refractivity contribution < 1.29 is 14.2 Å². The molecule has 1 fully saturated rings. The molecule has 0 aromatic heterocycles. The minimum absolute atomic E-state index is 0.292. The fourth-order valence-electron chi connectivity index (χ4n) is 2.31. The molecule has 2 N–H and O–H groups in total. The molecule has 6 heteroatoms. The predicted molar refractivity (Wildman–Crippen MR) is 79.0 cm³/mol. The van der Waals surface area contributed by atoms with Gasteiger partial charge in [0.15, 0.2) is 16.6 Å². The molecule has 0 aliphatic carbocycles. The Hall–Kier alpha value is -1.53. The van der Waals surface area contributed by atoms with Crippen molar-refractivity contribution in [1.29, 1.82) is 0 Å². The van der Waals surface area contributed by atoms with E-state index in [-0.39, 0.29) is 0 Å². The summed E-state index contributed by atoms with van der Waals surface area (Å²) in [6.07, 6.45) is 2.54. The quantitative estimate of drug-likeness (QED) is 0.822. The van der Waals surface area contributed by atoms with Crippen LogP contribution in [0.25, 0.3) is 0 Å². The fourth-order valence-corrected chi connectivity index (χ4v) is 2.46. The SMILES string of the molecule is S=C(NCc1ccc2c(c1)OCO2)NC[C@@H]1CCCO1. The van der Waals surface area contributed by atoms with Crippen LogP contribution in [0.1, 0.15) is 18.4 Å². The van der Waals surface area contributed by atoms with Crippen LogP contribution < -0.4 is 20.1 Å². The van der Waals surface area contributed by atoms with Crippen LogP contribution in [0.15, 0.2) is 18.2 Å². The standard InChI is InChI=1S/C14H18N2O3S/c20-14(16-8-11-2-1-5-17-11)15-7-10-3-4-12-13(6-10)19-9-18-12/h3-4,6,11H,1-2,5,7-9H2,(H2,15,16,20)/t11-/m0/s1. The van der Waals surface area contributed by atoms with E-state index < -0.39 is 0 Å². The highest BCUT2D eigenvalue weighted by molar-refractivity contribution is 7.80. The first-order valence-corrected chi connectivity index (χ1v) is 7.24. The van der Waals surface area contributed by atoms with Gasteiger partial charge in [0.2, 0.25) is 6.79 Å². The molecule has 1 saturated heterocycles. The van der Waals surface area contributed by atoms with Gasteiger partial charge in [-0.05, 0) is 42.8 Å². The van der Waals surface area contributed by atoms with Crippen LogP contribution in [0.4, 0.5) is 0 Å². The summed E-state index contributed by atoms with van der Waals surface area (Å²) >= 11 is 5.25. The first kappa shape index (κ1) is 13.5. The molecule has 2 aliphatic rings. The van der Waals surface area contributed by atoms with E-state index in [1.54, 1.807) is 0 Å². The van der Waals surface area contributed by atoms with E-state index >= 15 is 0 Å². The lowest BCUT2D eigenvalue weighted by Crippen LogP contribution is -2.39. The molecule has 0 unspecified atom stereocenters. The molecule has 3 rings (SSSR count). The molecule has 0 spiro atoms. The van der Waals surface area contributed by atoms with E-state index in [0.717, 1.165) is 43.1 Å². The van der Waals surface area contributed by atoms with Crippen molar-refractivity contribution in [3.63, 3.8) is 0 Å². The maximum Gasteiger partial charge on any atom is 0.231 e. The van der Waals surface area contributed by atoms with Crippen LogP contribution >= 0.6 is 12.2 Å². The Balaban J connectivity index is 1.43. The molecule has 1 aromatic carbocycles. The lowest BCUT2D eigenvalue weighted by molar-refractivity contribution is 0.114. The summed E-state index contributed by atoms with van der Waals surface area (Å²) in [5.74, 6) is 1.59. The fraction of sp³-hybridized carbons (Fsp3) is 0.500. The zero-order valence-electron chi connectivity index (χ0n) is 11.2. The molecule has 2 heterocycles. The second kappa shape index (κ2) is 6.28. The molecular formula is C14H18N2O3S. The average Bonchev–Trinajstić information content (AvgIpc) is 3.13. The molecule has 2 aliphatic heterocycles. The average molecular weight is 294 g/mol. The summed E-state index contributed by atoms with van der Waals surface area (Å²) < 4.78 is 16.2. The summed E-state index contributed by atoms with van der Waals surface area (Å²) in [4.78, 5) is 0. The van der Waals surface area contributed by atoms with E-state index in [1.165, 1.54) is 0 Å². The zero-order valence-corrected chi connectivity index (χ0v) is 12.0. The molecule has 20 heavy (non-hydrogen) atoms. The van der Waals surface area contributed by atoms with Crippen LogP contribution in [0, 0.1) is 0 Å². The molecule has 0 bridgehead atoms. The third-order valence-electron chi connectivity index (χ3n) is 3.40. The lowest BCUT2D eigenvalue weighted by atomic mass is 10.2. The largest absolute Gasteiger partial charge is 0.454 e. The van der Waals surface area contributed by atoms with Gasteiger partial charge in [0.1, 0.15) is 0 Å². The smallest absolute Gasteiger partial charge is 0.231 e. The van der Waals surface area contributed by atoms with E-state index in [1.807, 2.05) is 18.2 Å². The van der Waals surface area contributed by atoms with Crippen molar-refractivity contribution in [3.8, 4) is 11.5 Å². The lowest BCUT2D eigenvalue weighted by Gasteiger charge is -2.14. The molecule has 1 aromatic rings. The number of hydrogen-bond acceptors (Lipinski definition) is 4. The Bertz CT molecular complexity index is 489. The van der Waals surface area contributed by atoms with Gasteiger partial charge in [-0.2, -0.15) is 0 Å². The molecular weight excluding hydrogens is 276 g/mol. The van der Waals surface area contributed by atoms with Crippen LogP contribution in [0.2, 0.25) is 0 Å². The van der Waals surface area contributed by atoms with Gasteiger partial charge >= 0.3 is 0 Å². The summed E-state index contributed by atoms with van der Waals surface area (Å²) in [7, 11) is 0. The highest BCUT2D eigenvalue weighted by Crippen LogP contribution is 2.32. The summed E-state index contributed by atoms with van der Waals surface area (Å²) in [5, 5.41) is 7.02. The second-order valence-corrected chi connectivity index (χ2v) is 5.29. The Morgan fingerprint density at radius 3 is 3.00 bits per heavy atom. The predicted octanol–water partition coefficient (Wildman–Crippen LogP) is 1.56. The molecule has 0 amide bonds. The molecule has 0 saturated carbocycles. The minimum Gasteiger partial charge on any atom is -0.454 e. The maximum atomic E-state index is 5.54. The van der Waals surface area contributed by atoms with Gasteiger partial charge in [-0.3, -0.25) is 0 Å². The maximum absolute atomic E-state index is 5.54. The third kappa shape index (κ3) is 3.32. The van der Waals surface area contributed by atoms with Crippen molar-refractivity contribution in [1.82, 2.24) is 10.6 Å². The van der Waals surface area contributed by atoms with Crippen LogP contribution in [-0.4, -0.2) is 31.2 Å². The highest BCUT2D eigenvalue weighted by Gasteiger charge is 2.15. The van der Waals surface area contributed by atoms with Gasteiger partial charge in [0.05, 0.1) is 6.10 Å². The van der Waals surface area contributed by atoms with Crippen molar-refractivity contribution in [2.75, 3.05) is 19.9 Å².